The zero-order chi connectivity index (χ0) is 21.3. The van der Waals surface area contributed by atoms with Gasteiger partial charge in [0.25, 0.3) is 0 Å². The molecule has 1 amide bonds. The Bertz CT molecular complexity index is 858. The maximum absolute atomic E-state index is 12.6. The number of thioether (sulfide) groups is 1. The Morgan fingerprint density at radius 1 is 1.10 bits per heavy atom. The van der Waals surface area contributed by atoms with Crippen LogP contribution in [0.3, 0.4) is 0 Å². The van der Waals surface area contributed by atoms with Crippen LogP contribution in [-0.2, 0) is 11.2 Å². The second-order valence-corrected chi connectivity index (χ2v) is 8.33. The monoisotopic (exact) mass is 413 g/mol. The maximum Gasteiger partial charge on any atom is 0.412 e. The van der Waals surface area contributed by atoms with E-state index in [2.05, 4.69) is 11.9 Å². The highest BCUT2D eigenvalue weighted by Gasteiger charge is 2.17. The Labute approximate surface area is 176 Å². The first kappa shape index (κ1) is 22.6. The molecule has 0 fully saturated rings. The summed E-state index contributed by atoms with van der Waals surface area (Å²) in [5, 5.41) is 2.73. The molecule has 0 unspecified atom stereocenters. The third-order valence-electron chi connectivity index (χ3n) is 3.72. The van der Waals surface area contributed by atoms with E-state index in [-0.39, 0.29) is 5.12 Å². The van der Waals surface area contributed by atoms with Gasteiger partial charge in [-0.15, -0.1) is 0 Å². The lowest BCUT2D eigenvalue weighted by molar-refractivity contribution is 0.0635. The summed E-state index contributed by atoms with van der Waals surface area (Å²) in [5.74, 6) is 1.12. The van der Waals surface area contributed by atoms with Crippen molar-refractivity contribution in [3.8, 4) is 5.75 Å². The molecule has 0 aliphatic heterocycles. The van der Waals surface area contributed by atoms with Gasteiger partial charge in [0.2, 0.25) is 5.12 Å². The summed E-state index contributed by atoms with van der Waals surface area (Å²) in [4.78, 5) is 24.7. The number of benzene rings is 2. The summed E-state index contributed by atoms with van der Waals surface area (Å²) in [5.41, 5.74) is 1.60. The van der Waals surface area contributed by atoms with Crippen LogP contribution in [0.4, 0.5) is 10.5 Å². The molecule has 0 saturated carbocycles. The Morgan fingerprint density at radius 2 is 1.79 bits per heavy atom. The van der Waals surface area contributed by atoms with E-state index < -0.39 is 11.7 Å². The number of hydrogen-bond donors (Lipinski definition) is 1. The maximum atomic E-state index is 12.6. The summed E-state index contributed by atoms with van der Waals surface area (Å²) in [6.45, 7) is 9.42. The Hall–Kier alpha value is -2.73. The summed E-state index contributed by atoms with van der Waals surface area (Å²) in [6.07, 6.45) is 1.77. The van der Waals surface area contributed by atoms with E-state index in [1.54, 1.807) is 18.2 Å². The lowest BCUT2D eigenvalue weighted by atomic mass is 10.1. The molecule has 2 aromatic carbocycles. The molecule has 0 bridgehead atoms. The van der Waals surface area contributed by atoms with Crippen molar-refractivity contribution in [1.82, 2.24) is 0 Å². The molecule has 0 aromatic heterocycles. The fourth-order valence-electron chi connectivity index (χ4n) is 2.52. The van der Waals surface area contributed by atoms with Crippen LogP contribution in [0, 0.1) is 0 Å². The number of ether oxygens (including phenoxy) is 2. The number of amides is 1. The fraction of sp³-hybridized carbons (Fsp3) is 0.304. The molecule has 0 radical (unpaired) electrons. The number of anilines is 1. The van der Waals surface area contributed by atoms with Crippen molar-refractivity contribution in [3.63, 3.8) is 0 Å². The predicted molar refractivity (Wildman–Crippen MR) is 119 cm³/mol. The predicted octanol–water partition coefficient (Wildman–Crippen LogP) is 5.71. The summed E-state index contributed by atoms with van der Waals surface area (Å²) in [7, 11) is 0. The lowest BCUT2D eigenvalue weighted by Crippen LogP contribution is -2.27. The van der Waals surface area contributed by atoms with Gasteiger partial charge in [-0.3, -0.25) is 10.1 Å². The van der Waals surface area contributed by atoms with Gasteiger partial charge < -0.3 is 9.47 Å². The summed E-state index contributed by atoms with van der Waals surface area (Å²) < 4.78 is 10.9. The van der Waals surface area contributed by atoms with Crippen molar-refractivity contribution < 1.29 is 19.1 Å². The van der Waals surface area contributed by atoms with Crippen molar-refractivity contribution in [2.24, 2.45) is 0 Å². The van der Waals surface area contributed by atoms with Crippen molar-refractivity contribution >= 4 is 28.7 Å². The van der Waals surface area contributed by atoms with Crippen LogP contribution in [0.5, 0.6) is 5.75 Å². The molecule has 0 saturated heterocycles. The number of para-hydroxylation sites is 2. The highest BCUT2D eigenvalue weighted by molar-refractivity contribution is 8.14. The number of hydrogen-bond acceptors (Lipinski definition) is 5. The minimum atomic E-state index is -0.567. The number of carbonyl (C=O) groups is 2. The second kappa shape index (κ2) is 10.7. The Morgan fingerprint density at radius 3 is 2.52 bits per heavy atom. The summed E-state index contributed by atoms with van der Waals surface area (Å²) in [6, 6.07) is 14.7. The molecule has 2 aromatic rings. The highest BCUT2D eigenvalue weighted by atomic mass is 32.2. The summed E-state index contributed by atoms with van der Waals surface area (Å²) >= 11 is 1.22. The molecule has 0 aliphatic carbocycles. The molecular weight excluding hydrogens is 386 g/mol. The standard InChI is InChI=1S/C23H27NO4S/c1-5-15-27-20-13-9-7-11-18(20)21(25)29-16-14-17-10-6-8-12-19(17)24-22(26)28-23(2,3)4/h5-13H,1,14-16H2,2-4H3,(H,24,26). The SMILES string of the molecule is C=CCOc1ccccc1C(=O)SCCc1ccccc1NC(=O)OC(C)(C)C. The Balaban J connectivity index is 1.97. The quantitative estimate of drug-likeness (QED) is 0.561. The van der Waals surface area contributed by atoms with E-state index in [4.69, 9.17) is 9.47 Å². The first-order chi connectivity index (χ1) is 13.8. The van der Waals surface area contributed by atoms with E-state index in [9.17, 15) is 9.59 Å². The van der Waals surface area contributed by atoms with Crippen LogP contribution < -0.4 is 10.1 Å². The average molecular weight is 414 g/mol. The van der Waals surface area contributed by atoms with Gasteiger partial charge in [0.15, 0.2) is 0 Å². The third kappa shape index (κ3) is 7.66. The second-order valence-electron chi connectivity index (χ2n) is 7.27. The van der Waals surface area contributed by atoms with Gasteiger partial charge in [-0.2, -0.15) is 0 Å². The van der Waals surface area contributed by atoms with E-state index in [0.29, 0.717) is 35.8 Å². The van der Waals surface area contributed by atoms with Gasteiger partial charge in [-0.1, -0.05) is 54.7 Å². The van der Waals surface area contributed by atoms with Gasteiger partial charge in [0.1, 0.15) is 18.0 Å². The van der Waals surface area contributed by atoms with Gasteiger partial charge in [0, 0.05) is 11.4 Å². The van der Waals surface area contributed by atoms with E-state index in [1.807, 2.05) is 57.2 Å². The molecule has 2 rings (SSSR count). The van der Waals surface area contributed by atoms with E-state index in [1.165, 1.54) is 11.8 Å². The number of aryl methyl sites for hydroxylation is 1. The normalized spacial score (nSPS) is 10.9. The molecule has 154 valence electrons. The minimum Gasteiger partial charge on any atom is -0.489 e. The van der Waals surface area contributed by atoms with Crippen molar-refractivity contribution in [3.05, 3.63) is 72.3 Å². The van der Waals surface area contributed by atoms with E-state index >= 15 is 0 Å². The molecule has 29 heavy (non-hydrogen) atoms. The minimum absolute atomic E-state index is 0.0535. The van der Waals surface area contributed by atoms with Crippen molar-refractivity contribution in [2.75, 3.05) is 17.7 Å². The van der Waals surface area contributed by atoms with Crippen LogP contribution in [0.2, 0.25) is 0 Å². The van der Waals surface area contributed by atoms with Crippen LogP contribution in [0.1, 0.15) is 36.7 Å². The first-order valence-electron chi connectivity index (χ1n) is 9.38. The smallest absolute Gasteiger partial charge is 0.412 e. The fourth-order valence-corrected chi connectivity index (χ4v) is 3.35. The zero-order valence-electron chi connectivity index (χ0n) is 17.1. The van der Waals surface area contributed by atoms with Gasteiger partial charge in [0.05, 0.1) is 5.56 Å². The highest BCUT2D eigenvalue weighted by Crippen LogP contribution is 2.25. The molecule has 1 N–H and O–H groups in total. The molecule has 6 heteroatoms. The van der Waals surface area contributed by atoms with Crippen molar-refractivity contribution in [2.45, 2.75) is 32.8 Å². The van der Waals surface area contributed by atoms with Crippen LogP contribution in [-0.4, -0.2) is 29.2 Å². The lowest BCUT2D eigenvalue weighted by Gasteiger charge is -2.20. The van der Waals surface area contributed by atoms with E-state index in [0.717, 1.165) is 5.56 Å². The Kier molecular flexibility index (Phi) is 8.34. The molecule has 5 nitrogen and oxygen atoms in total. The van der Waals surface area contributed by atoms with Gasteiger partial charge >= 0.3 is 6.09 Å². The first-order valence-corrected chi connectivity index (χ1v) is 10.4. The zero-order valence-corrected chi connectivity index (χ0v) is 17.9. The molecule has 0 aliphatic rings. The van der Waals surface area contributed by atoms with Crippen LogP contribution in [0.15, 0.2) is 61.2 Å². The average Bonchev–Trinajstić information content (AvgIpc) is 2.66. The molecule has 0 heterocycles. The number of nitrogens with one attached hydrogen (secondary N) is 1. The molecule has 0 spiro atoms. The largest absolute Gasteiger partial charge is 0.489 e. The van der Waals surface area contributed by atoms with Gasteiger partial charge in [-0.05, 0) is 51.0 Å². The van der Waals surface area contributed by atoms with Crippen LogP contribution >= 0.6 is 11.8 Å². The molecule has 0 atom stereocenters. The molecular formula is C23H27NO4S. The van der Waals surface area contributed by atoms with Crippen molar-refractivity contribution in [1.29, 1.82) is 0 Å². The number of rotatable bonds is 8. The van der Waals surface area contributed by atoms with Crippen LogP contribution in [0.25, 0.3) is 0 Å². The third-order valence-corrected chi connectivity index (χ3v) is 4.61. The van der Waals surface area contributed by atoms with Gasteiger partial charge in [-0.25, -0.2) is 4.79 Å². The topological polar surface area (TPSA) is 64.6 Å². The number of carbonyl (C=O) groups excluding carboxylic acids is 2.